The Bertz CT molecular complexity index is 1350. The number of azide groups is 1. The molecule has 1 N–H and O–H groups in total. The Morgan fingerprint density at radius 1 is 1.20 bits per heavy atom. The van der Waals surface area contributed by atoms with Gasteiger partial charge in [-0.2, -0.15) is 0 Å². The van der Waals surface area contributed by atoms with E-state index in [0.29, 0.717) is 33.2 Å². The molecule has 0 aliphatic carbocycles. The first kappa shape index (κ1) is 24.0. The third kappa shape index (κ3) is 4.90. The van der Waals surface area contributed by atoms with Crippen molar-refractivity contribution in [3.05, 3.63) is 87.4 Å². The molecule has 0 radical (unpaired) electrons. The lowest BCUT2D eigenvalue weighted by Gasteiger charge is -2.41. The highest BCUT2D eigenvalue weighted by molar-refractivity contribution is 14.1. The maximum atomic E-state index is 13.6. The largest absolute Gasteiger partial charge is 0.340 e. The molecule has 0 saturated heterocycles. The number of amides is 2. The number of pyridine rings is 1. The van der Waals surface area contributed by atoms with E-state index >= 15 is 0 Å². The van der Waals surface area contributed by atoms with E-state index in [2.05, 4.69) is 43.1 Å². The maximum Gasteiger partial charge on any atom is 0.316 e. The molecule has 1 aliphatic heterocycles. The molecule has 2 amide bonds. The van der Waals surface area contributed by atoms with Gasteiger partial charge in [-0.25, -0.2) is 9.37 Å². The van der Waals surface area contributed by atoms with Gasteiger partial charge < -0.3 is 10.2 Å². The SMILES string of the molecule is [N-]=[N+]=NCC1C(=O)N(CI)c2ccc(Nc3cccc(C(=O)N=O)c3)nc2N1c1ccc(F)cc1. The lowest BCUT2D eigenvalue weighted by molar-refractivity contribution is -0.119. The second kappa shape index (κ2) is 10.4. The van der Waals surface area contributed by atoms with Crippen molar-refractivity contribution < 1.29 is 14.0 Å². The zero-order valence-electron chi connectivity index (χ0n) is 17.9. The summed E-state index contributed by atoms with van der Waals surface area (Å²) < 4.78 is 14.0. The average molecular weight is 586 g/mol. The molecular weight excluding hydrogens is 570 g/mol. The van der Waals surface area contributed by atoms with Gasteiger partial charge in [-0.05, 0) is 60.1 Å². The van der Waals surface area contributed by atoms with E-state index in [0.717, 1.165) is 0 Å². The van der Waals surface area contributed by atoms with Gasteiger partial charge in [-0.3, -0.25) is 14.5 Å². The fourth-order valence-electron chi connectivity index (χ4n) is 3.69. The van der Waals surface area contributed by atoms with Crippen molar-refractivity contribution in [1.29, 1.82) is 0 Å². The molecule has 1 aromatic heterocycles. The molecule has 0 spiro atoms. The van der Waals surface area contributed by atoms with E-state index in [-0.39, 0.29) is 18.0 Å². The number of nitrogens with zero attached hydrogens (tertiary/aromatic N) is 7. The quantitative estimate of drug-likeness (QED) is 0.0744. The van der Waals surface area contributed by atoms with Crippen molar-refractivity contribution in [1.82, 2.24) is 4.98 Å². The van der Waals surface area contributed by atoms with Crippen molar-refractivity contribution in [2.75, 3.05) is 26.2 Å². The normalized spacial score (nSPS) is 14.7. The first-order valence-electron chi connectivity index (χ1n) is 10.2. The molecule has 1 aliphatic rings. The van der Waals surface area contributed by atoms with Crippen LogP contribution in [-0.4, -0.2) is 33.9 Å². The Morgan fingerprint density at radius 2 is 1.97 bits per heavy atom. The van der Waals surface area contributed by atoms with Gasteiger partial charge >= 0.3 is 5.91 Å². The molecule has 0 fully saturated rings. The minimum Gasteiger partial charge on any atom is -0.340 e. The van der Waals surface area contributed by atoms with Gasteiger partial charge in [-0.15, -0.1) is 4.91 Å². The van der Waals surface area contributed by atoms with Crippen LogP contribution in [-0.2, 0) is 4.79 Å². The zero-order chi connectivity index (χ0) is 24.9. The molecule has 2 heterocycles. The average Bonchev–Trinajstić information content (AvgIpc) is 2.88. The summed E-state index contributed by atoms with van der Waals surface area (Å²) in [5.41, 5.74) is 10.5. The summed E-state index contributed by atoms with van der Waals surface area (Å²) in [6, 6.07) is 14.2. The van der Waals surface area contributed by atoms with E-state index in [1.165, 1.54) is 41.3 Å². The van der Waals surface area contributed by atoms with Crippen LogP contribution < -0.4 is 15.1 Å². The predicted octanol–water partition coefficient (Wildman–Crippen LogP) is 5.43. The van der Waals surface area contributed by atoms with Gasteiger partial charge in [0.2, 0.25) is 0 Å². The number of nitroso groups, excluding NO2 is 1. The van der Waals surface area contributed by atoms with Crippen LogP contribution in [0.1, 0.15) is 10.4 Å². The lowest BCUT2D eigenvalue weighted by atomic mass is 10.1. The number of carbonyl (C=O) groups excluding carboxylic acids is 2. The van der Waals surface area contributed by atoms with Crippen LogP contribution in [0.2, 0.25) is 0 Å². The van der Waals surface area contributed by atoms with Crippen LogP contribution in [0, 0.1) is 10.7 Å². The number of hydrogen-bond acceptors (Lipinski definition) is 7. The Kier molecular flexibility index (Phi) is 7.17. The number of halogens is 2. The van der Waals surface area contributed by atoms with Crippen LogP contribution in [0.25, 0.3) is 10.4 Å². The van der Waals surface area contributed by atoms with Crippen molar-refractivity contribution in [2.45, 2.75) is 6.04 Å². The smallest absolute Gasteiger partial charge is 0.316 e. The number of anilines is 5. The molecular formula is C22H16FIN8O3. The minimum atomic E-state index is -0.902. The highest BCUT2D eigenvalue weighted by Crippen LogP contribution is 2.41. The lowest BCUT2D eigenvalue weighted by Crippen LogP contribution is -2.53. The van der Waals surface area contributed by atoms with Crippen LogP contribution in [0.3, 0.4) is 0 Å². The fourth-order valence-corrected chi connectivity index (χ4v) is 4.39. The number of carbonyl (C=O) groups is 2. The summed E-state index contributed by atoms with van der Waals surface area (Å²) in [4.78, 5) is 46.1. The molecule has 0 saturated carbocycles. The Hall–Kier alpha value is -4.10. The van der Waals surface area contributed by atoms with Crippen molar-refractivity contribution in [3.63, 3.8) is 0 Å². The highest BCUT2D eigenvalue weighted by atomic mass is 127. The third-order valence-electron chi connectivity index (χ3n) is 5.24. The number of rotatable bonds is 7. The molecule has 1 unspecified atom stereocenters. The second-order valence-electron chi connectivity index (χ2n) is 7.30. The summed E-state index contributed by atoms with van der Waals surface area (Å²) in [6.07, 6.45) is 0. The van der Waals surface area contributed by atoms with Gasteiger partial charge in [0, 0.05) is 27.0 Å². The molecule has 1 atom stereocenters. The van der Waals surface area contributed by atoms with Gasteiger partial charge in [-0.1, -0.05) is 33.8 Å². The molecule has 0 bridgehead atoms. The maximum absolute atomic E-state index is 13.6. The molecule has 11 nitrogen and oxygen atoms in total. The number of alkyl halides is 1. The summed E-state index contributed by atoms with van der Waals surface area (Å²) in [5, 5.41) is 9.12. The standard InChI is InChI=1S/C22H16FIN8O3/c23-14-4-6-16(7-5-14)32-18(11-26-30-25)22(34)31(12-24)17-8-9-19(28-20(17)32)27-15-3-1-2-13(10-15)21(33)29-35/h1-10,18H,11-12H2,(H,27,28). The van der Waals surface area contributed by atoms with Gasteiger partial charge in [0.15, 0.2) is 5.82 Å². The first-order chi connectivity index (χ1) is 17.0. The topological polar surface area (TPSA) is 144 Å². The van der Waals surface area contributed by atoms with E-state index in [9.17, 15) is 18.9 Å². The Balaban J connectivity index is 1.81. The monoisotopic (exact) mass is 586 g/mol. The Morgan fingerprint density at radius 3 is 2.66 bits per heavy atom. The third-order valence-corrected chi connectivity index (χ3v) is 5.93. The Labute approximate surface area is 211 Å². The minimum absolute atomic E-state index is 0.118. The van der Waals surface area contributed by atoms with E-state index in [1.54, 1.807) is 29.2 Å². The fraction of sp³-hybridized carbons (Fsp3) is 0.136. The zero-order valence-corrected chi connectivity index (χ0v) is 20.0. The number of hydrogen-bond donors (Lipinski definition) is 1. The number of aromatic nitrogens is 1. The van der Waals surface area contributed by atoms with Crippen LogP contribution in [0.15, 0.2) is 71.0 Å². The predicted molar refractivity (Wildman–Crippen MR) is 137 cm³/mol. The van der Waals surface area contributed by atoms with E-state index in [1.807, 2.05) is 0 Å². The van der Waals surface area contributed by atoms with E-state index in [4.69, 9.17) is 10.5 Å². The summed E-state index contributed by atoms with van der Waals surface area (Å²) in [5.74, 6) is -0.867. The number of fused-ring (bicyclic) bond motifs is 1. The summed E-state index contributed by atoms with van der Waals surface area (Å²) in [7, 11) is 0. The molecule has 4 rings (SSSR count). The van der Waals surface area contributed by atoms with Crippen molar-refractivity contribution in [3.8, 4) is 0 Å². The highest BCUT2D eigenvalue weighted by Gasteiger charge is 2.39. The van der Waals surface area contributed by atoms with Crippen LogP contribution >= 0.6 is 22.6 Å². The summed E-state index contributed by atoms with van der Waals surface area (Å²) >= 11 is 2.06. The molecule has 2 aromatic carbocycles. The van der Waals surface area contributed by atoms with Crippen molar-refractivity contribution >= 4 is 63.1 Å². The van der Waals surface area contributed by atoms with Gasteiger partial charge in [0.25, 0.3) is 5.91 Å². The molecule has 35 heavy (non-hydrogen) atoms. The van der Waals surface area contributed by atoms with E-state index < -0.39 is 17.8 Å². The van der Waals surface area contributed by atoms with Gasteiger partial charge in [0.1, 0.15) is 17.7 Å². The molecule has 13 heteroatoms. The molecule has 3 aromatic rings. The first-order valence-corrected chi connectivity index (χ1v) is 11.7. The van der Waals surface area contributed by atoms with Crippen molar-refractivity contribution in [2.24, 2.45) is 10.3 Å². The summed E-state index contributed by atoms with van der Waals surface area (Å²) in [6.45, 7) is -0.165. The van der Waals surface area contributed by atoms with Crippen LogP contribution in [0.4, 0.5) is 33.1 Å². The van der Waals surface area contributed by atoms with Crippen LogP contribution in [0.5, 0.6) is 0 Å². The molecule has 176 valence electrons. The number of benzene rings is 2. The number of nitrogens with one attached hydrogen (secondary N) is 1. The second-order valence-corrected chi connectivity index (χ2v) is 7.99. The van der Waals surface area contributed by atoms with Gasteiger partial charge in [0.05, 0.1) is 16.8 Å².